The van der Waals surface area contributed by atoms with Gasteiger partial charge in [0.2, 0.25) is 5.88 Å². The number of fused-ring (bicyclic) bond motifs is 1. The molecule has 12 nitrogen and oxygen atoms in total. The fourth-order valence-electron chi connectivity index (χ4n) is 5.87. The molecule has 2 aliphatic heterocycles. The van der Waals surface area contributed by atoms with Crippen LogP contribution in [0, 0.1) is 18.7 Å². The molecule has 13 heteroatoms. The van der Waals surface area contributed by atoms with Crippen molar-refractivity contribution in [3.8, 4) is 17.4 Å². The second kappa shape index (κ2) is 11.6. The Kier molecular flexibility index (Phi) is 7.50. The number of hydrogen-bond donors (Lipinski definition) is 1. The van der Waals surface area contributed by atoms with E-state index in [9.17, 15) is 14.4 Å². The van der Waals surface area contributed by atoms with Crippen LogP contribution in [0.2, 0.25) is 0 Å². The number of carbonyl (C=O) groups excluding carboxylic acids is 1. The molecule has 2 fully saturated rings. The van der Waals surface area contributed by atoms with Gasteiger partial charge < -0.3 is 15.0 Å². The van der Waals surface area contributed by atoms with Gasteiger partial charge in [0, 0.05) is 68.5 Å². The number of rotatable bonds is 8. The van der Waals surface area contributed by atoms with Gasteiger partial charge in [0.15, 0.2) is 11.6 Å². The monoisotopic (exact) mass is 612 g/mol. The van der Waals surface area contributed by atoms with E-state index in [0.717, 1.165) is 59.9 Å². The molecule has 3 aliphatic rings. The van der Waals surface area contributed by atoms with Crippen LogP contribution in [0.1, 0.15) is 40.0 Å². The van der Waals surface area contributed by atoms with Crippen LogP contribution in [0.4, 0.5) is 10.1 Å². The normalized spacial score (nSPS) is 17.0. The van der Waals surface area contributed by atoms with Crippen LogP contribution in [0.15, 0.2) is 58.6 Å². The number of amides is 1. The van der Waals surface area contributed by atoms with Gasteiger partial charge in [0.1, 0.15) is 17.7 Å². The lowest BCUT2D eigenvalue weighted by Crippen LogP contribution is -2.58. The molecule has 1 N–H and O–H groups in total. The van der Waals surface area contributed by atoms with E-state index in [0.29, 0.717) is 37.4 Å². The molecule has 232 valence electrons. The summed E-state index contributed by atoms with van der Waals surface area (Å²) in [7, 11) is 2.10. The number of pyridine rings is 1. The van der Waals surface area contributed by atoms with Crippen molar-refractivity contribution in [3.05, 3.63) is 98.1 Å². The zero-order valence-corrected chi connectivity index (χ0v) is 25.1. The van der Waals surface area contributed by atoms with E-state index in [1.54, 1.807) is 18.3 Å². The smallest absolute Gasteiger partial charge is 0.336 e. The van der Waals surface area contributed by atoms with E-state index in [1.807, 2.05) is 6.92 Å². The van der Waals surface area contributed by atoms with Crippen LogP contribution in [0.5, 0.6) is 11.6 Å². The largest absolute Gasteiger partial charge is 0.436 e. The second-order valence-electron chi connectivity index (χ2n) is 12.2. The number of aryl methyl sites for hydroxylation is 1. The van der Waals surface area contributed by atoms with Gasteiger partial charge in [-0.15, -0.1) is 0 Å². The minimum atomic E-state index is -0.808. The lowest BCUT2D eigenvalue weighted by Gasteiger charge is -2.45. The maximum Gasteiger partial charge on any atom is 0.336 e. The SMILES string of the molecule is Cc1ccc(-n2c(=O)c(C(=O)Nc3ccc(Oc4ncnc5c4CCN(C4CN(C)C4)C5)c(F)c3)cn(CC3CC3)c2=O)nc1. The van der Waals surface area contributed by atoms with Gasteiger partial charge in [-0.25, -0.2) is 28.7 Å². The highest BCUT2D eigenvalue weighted by molar-refractivity contribution is 6.03. The number of likely N-dealkylation sites (tertiary alicyclic amines) is 1. The number of carbonyl (C=O) groups is 1. The molecule has 7 rings (SSSR count). The summed E-state index contributed by atoms with van der Waals surface area (Å²) >= 11 is 0. The van der Waals surface area contributed by atoms with Gasteiger partial charge in [-0.1, -0.05) is 6.07 Å². The van der Waals surface area contributed by atoms with Gasteiger partial charge in [0.25, 0.3) is 11.5 Å². The predicted molar refractivity (Wildman–Crippen MR) is 163 cm³/mol. The summed E-state index contributed by atoms with van der Waals surface area (Å²) in [5.74, 6) is -0.799. The summed E-state index contributed by atoms with van der Waals surface area (Å²) in [6, 6.07) is 7.81. The third kappa shape index (κ3) is 5.88. The van der Waals surface area contributed by atoms with Crippen LogP contribution in [0.25, 0.3) is 5.82 Å². The second-order valence-corrected chi connectivity index (χ2v) is 12.2. The Labute approximate surface area is 258 Å². The van der Waals surface area contributed by atoms with Gasteiger partial charge >= 0.3 is 5.69 Å². The van der Waals surface area contributed by atoms with Crippen molar-refractivity contribution in [3.63, 3.8) is 0 Å². The number of benzene rings is 1. The van der Waals surface area contributed by atoms with E-state index < -0.39 is 23.0 Å². The first-order valence-corrected chi connectivity index (χ1v) is 15.1. The van der Waals surface area contributed by atoms with Gasteiger partial charge in [0.05, 0.1) is 5.69 Å². The van der Waals surface area contributed by atoms with Crippen LogP contribution < -0.4 is 21.3 Å². The Morgan fingerprint density at radius 2 is 1.93 bits per heavy atom. The van der Waals surface area contributed by atoms with E-state index in [4.69, 9.17) is 4.74 Å². The van der Waals surface area contributed by atoms with Crippen molar-refractivity contribution in [2.75, 3.05) is 32.0 Å². The highest BCUT2D eigenvalue weighted by Gasteiger charge is 2.33. The molecule has 0 unspecified atom stereocenters. The molecule has 3 aromatic heterocycles. The number of likely N-dealkylation sites (N-methyl/N-ethyl adjacent to an activating group) is 1. The maximum absolute atomic E-state index is 15.3. The molecule has 0 spiro atoms. The van der Waals surface area contributed by atoms with Crippen molar-refractivity contribution in [1.29, 1.82) is 0 Å². The number of ether oxygens (including phenoxy) is 1. The molecule has 0 radical (unpaired) electrons. The molecule has 0 bridgehead atoms. The minimum Gasteiger partial charge on any atom is -0.436 e. The molecule has 1 aliphatic carbocycles. The van der Waals surface area contributed by atoms with E-state index in [1.165, 1.54) is 29.2 Å². The molecular formula is C32H33FN8O4. The number of halogens is 1. The first kappa shape index (κ1) is 29.0. The third-order valence-electron chi connectivity index (χ3n) is 8.63. The van der Waals surface area contributed by atoms with E-state index in [-0.39, 0.29) is 22.8 Å². The Morgan fingerprint density at radius 1 is 1.11 bits per heavy atom. The summed E-state index contributed by atoms with van der Waals surface area (Å²) in [5, 5.41) is 2.60. The fraction of sp³-hybridized carbons (Fsp3) is 0.375. The summed E-state index contributed by atoms with van der Waals surface area (Å²) < 4.78 is 23.5. The Bertz CT molecular complexity index is 1900. The van der Waals surface area contributed by atoms with Crippen molar-refractivity contribution in [1.82, 2.24) is 33.9 Å². The molecule has 1 saturated heterocycles. The highest BCUT2D eigenvalue weighted by atomic mass is 19.1. The zero-order valence-electron chi connectivity index (χ0n) is 25.1. The first-order chi connectivity index (χ1) is 21.7. The number of hydrogen-bond acceptors (Lipinski definition) is 9. The Hall–Kier alpha value is -4.75. The quantitative estimate of drug-likeness (QED) is 0.320. The molecular weight excluding hydrogens is 579 g/mol. The lowest BCUT2D eigenvalue weighted by atomic mass is 10.0. The number of anilines is 1. The number of nitrogens with one attached hydrogen (secondary N) is 1. The van der Waals surface area contributed by atoms with Crippen LogP contribution in [-0.4, -0.2) is 72.5 Å². The van der Waals surface area contributed by atoms with E-state index in [2.05, 4.69) is 37.1 Å². The third-order valence-corrected chi connectivity index (χ3v) is 8.63. The Morgan fingerprint density at radius 3 is 2.64 bits per heavy atom. The molecule has 0 atom stereocenters. The first-order valence-electron chi connectivity index (χ1n) is 15.1. The van der Waals surface area contributed by atoms with Crippen LogP contribution >= 0.6 is 0 Å². The zero-order chi connectivity index (χ0) is 31.2. The lowest BCUT2D eigenvalue weighted by molar-refractivity contribution is 0.0420. The molecule has 4 aromatic rings. The maximum atomic E-state index is 15.3. The van der Waals surface area contributed by atoms with Crippen LogP contribution in [-0.2, 0) is 19.5 Å². The molecule has 1 aromatic carbocycles. The van der Waals surface area contributed by atoms with Crippen molar-refractivity contribution in [2.45, 2.75) is 45.3 Å². The van der Waals surface area contributed by atoms with Crippen molar-refractivity contribution >= 4 is 11.6 Å². The minimum absolute atomic E-state index is 0.0530. The molecule has 1 amide bonds. The van der Waals surface area contributed by atoms with Gasteiger partial charge in [-0.05, 0) is 62.9 Å². The van der Waals surface area contributed by atoms with Gasteiger partial charge in [-0.2, -0.15) is 0 Å². The molecule has 5 heterocycles. The summed E-state index contributed by atoms with van der Waals surface area (Å²) in [6.45, 7) is 5.82. The predicted octanol–water partition coefficient (Wildman–Crippen LogP) is 2.76. The average Bonchev–Trinajstić information content (AvgIpc) is 3.83. The molecule has 45 heavy (non-hydrogen) atoms. The fourth-order valence-corrected chi connectivity index (χ4v) is 5.87. The van der Waals surface area contributed by atoms with Gasteiger partial charge in [-0.3, -0.25) is 19.1 Å². The standard InChI is InChI=1S/C32H33FN8O4/c1-19-3-8-28(34-12-19)41-31(43)24(16-40(32(41)44)13-20-4-5-20)29(42)37-21-6-7-27(25(33)11-21)45-30-23-9-10-39(22-14-38(2)15-22)17-26(23)35-18-36-30/h3,6-8,11-12,16,18,20,22H,4-5,9-10,13-15,17H2,1-2H3,(H,37,42). The Balaban J connectivity index is 1.11. The topological polar surface area (TPSA) is 127 Å². The summed E-state index contributed by atoms with van der Waals surface area (Å²) in [4.78, 5) is 57.7. The number of nitrogens with zero attached hydrogens (tertiary/aromatic N) is 7. The van der Waals surface area contributed by atoms with Crippen molar-refractivity contribution in [2.24, 2.45) is 5.92 Å². The van der Waals surface area contributed by atoms with E-state index >= 15 is 4.39 Å². The summed E-state index contributed by atoms with van der Waals surface area (Å²) in [5.41, 5.74) is 1.08. The molecule has 1 saturated carbocycles. The van der Waals surface area contributed by atoms with Crippen LogP contribution in [0.3, 0.4) is 0 Å². The average molecular weight is 613 g/mol. The summed E-state index contributed by atoms with van der Waals surface area (Å²) in [6.07, 6.45) is 6.89. The highest BCUT2D eigenvalue weighted by Crippen LogP contribution is 2.32. The number of aromatic nitrogens is 5. The van der Waals surface area contributed by atoms with Crippen molar-refractivity contribution < 1.29 is 13.9 Å².